The third kappa shape index (κ3) is 3.25. The predicted molar refractivity (Wildman–Crippen MR) is 91.4 cm³/mol. The largest absolute Gasteiger partial charge is 0.207 e. The smallest absolute Gasteiger partial charge is 0.129 e. The van der Waals surface area contributed by atoms with E-state index in [0.717, 1.165) is 22.7 Å². The molecular formula is C20H15F2Si. The van der Waals surface area contributed by atoms with Gasteiger partial charge in [0.2, 0.25) is 0 Å². The van der Waals surface area contributed by atoms with Crippen LogP contribution in [0.1, 0.15) is 11.1 Å². The number of hydrogen-bond donors (Lipinski definition) is 0. The Morgan fingerprint density at radius 2 is 1.09 bits per heavy atom. The molecule has 23 heavy (non-hydrogen) atoms. The molecule has 0 aliphatic carbocycles. The van der Waals surface area contributed by atoms with Gasteiger partial charge in [0.25, 0.3) is 0 Å². The van der Waals surface area contributed by atoms with Gasteiger partial charge in [-0.1, -0.05) is 54.1 Å². The highest BCUT2D eigenvalue weighted by molar-refractivity contribution is 6.08. The first kappa shape index (κ1) is 15.6. The third-order valence-electron chi connectivity index (χ3n) is 3.99. The molecule has 0 aromatic heterocycles. The Kier molecular flexibility index (Phi) is 4.39. The summed E-state index contributed by atoms with van der Waals surface area (Å²) in [7, 11) is 3.48. The van der Waals surface area contributed by atoms with Crippen molar-refractivity contribution >= 4 is 10.2 Å². The zero-order chi connectivity index (χ0) is 16.4. The topological polar surface area (TPSA) is 0 Å². The van der Waals surface area contributed by atoms with Crippen LogP contribution in [-0.4, -0.2) is 10.2 Å². The Morgan fingerprint density at radius 3 is 1.52 bits per heavy atom. The molecule has 113 valence electrons. The van der Waals surface area contributed by atoms with Gasteiger partial charge in [-0.25, -0.2) is 8.78 Å². The first-order valence-electron chi connectivity index (χ1n) is 7.38. The van der Waals surface area contributed by atoms with Crippen molar-refractivity contribution in [2.75, 3.05) is 0 Å². The summed E-state index contributed by atoms with van der Waals surface area (Å²) in [5, 5.41) is 0. The van der Waals surface area contributed by atoms with Crippen molar-refractivity contribution < 1.29 is 8.78 Å². The van der Waals surface area contributed by atoms with E-state index in [9.17, 15) is 8.78 Å². The second-order valence-corrected chi connectivity index (χ2v) is 5.87. The standard InChI is InChI=1S/C20H15F2Si/c1-13-19(21)10-18(11-20(13)22)17-8-6-16(7-9-17)15-4-2-14(12-23)3-5-15/h2-11H,12H2,1H3. The molecule has 0 saturated carbocycles. The molecular weight excluding hydrogens is 306 g/mol. The Labute approximate surface area is 138 Å². The van der Waals surface area contributed by atoms with E-state index in [2.05, 4.69) is 34.5 Å². The average Bonchev–Trinajstić information content (AvgIpc) is 2.59. The summed E-state index contributed by atoms with van der Waals surface area (Å²) in [6.07, 6.45) is 0. The fraction of sp³-hybridized carbons (Fsp3) is 0.100. The normalized spacial score (nSPS) is 10.8. The fourth-order valence-corrected chi connectivity index (χ4v) is 2.72. The number of rotatable bonds is 3. The predicted octanol–water partition coefficient (Wildman–Crippen LogP) is 5.28. The molecule has 3 radical (unpaired) electrons. The summed E-state index contributed by atoms with van der Waals surface area (Å²) in [5.41, 5.74) is 4.80. The Morgan fingerprint density at radius 1 is 0.696 bits per heavy atom. The van der Waals surface area contributed by atoms with Crippen LogP contribution >= 0.6 is 0 Å². The molecule has 0 nitrogen and oxygen atoms in total. The first-order chi connectivity index (χ1) is 11.1. The van der Waals surface area contributed by atoms with Crippen molar-refractivity contribution in [3.05, 3.63) is 83.4 Å². The lowest BCUT2D eigenvalue weighted by atomic mass is 9.99. The highest BCUT2D eigenvalue weighted by Crippen LogP contribution is 2.27. The van der Waals surface area contributed by atoms with Gasteiger partial charge in [0.05, 0.1) is 0 Å². The third-order valence-corrected chi connectivity index (χ3v) is 4.40. The van der Waals surface area contributed by atoms with Gasteiger partial charge in [-0.3, -0.25) is 0 Å². The molecule has 0 heterocycles. The second kappa shape index (κ2) is 6.47. The van der Waals surface area contributed by atoms with Gasteiger partial charge < -0.3 is 0 Å². The van der Waals surface area contributed by atoms with E-state index in [4.69, 9.17) is 0 Å². The molecule has 0 spiro atoms. The van der Waals surface area contributed by atoms with Crippen LogP contribution in [0.2, 0.25) is 0 Å². The summed E-state index contributed by atoms with van der Waals surface area (Å²) < 4.78 is 27.4. The van der Waals surface area contributed by atoms with E-state index in [0.29, 0.717) is 5.56 Å². The summed E-state index contributed by atoms with van der Waals surface area (Å²) in [6.45, 7) is 1.44. The first-order valence-corrected chi connectivity index (χ1v) is 8.09. The molecule has 3 heteroatoms. The highest BCUT2D eigenvalue weighted by Gasteiger charge is 2.08. The lowest BCUT2D eigenvalue weighted by Crippen LogP contribution is -1.90. The summed E-state index contributed by atoms with van der Waals surface area (Å²) >= 11 is 0. The van der Waals surface area contributed by atoms with Crippen LogP contribution in [0.4, 0.5) is 8.78 Å². The van der Waals surface area contributed by atoms with Gasteiger partial charge in [-0.05, 0) is 47.4 Å². The lowest BCUT2D eigenvalue weighted by Gasteiger charge is -2.07. The van der Waals surface area contributed by atoms with Crippen LogP contribution < -0.4 is 0 Å². The van der Waals surface area contributed by atoms with E-state index >= 15 is 0 Å². The van der Waals surface area contributed by atoms with E-state index in [1.54, 1.807) is 0 Å². The van der Waals surface area contributed by atoms with Crippen LogP contribution in [0, 0.1) is 18.6 Å². The molecule has 0 N–H and O–H groups in total. The molecule has 3 aromatic carbocycles. The molecule has 0 aliphatic rings. The molecule has 0 amide bonds. The van der Waals surface area contributed by atoms with Crippen molar-refractivity contribution in [2.24, 2.45) is 0 Å². The van der Waals surface area contributed by atoms with Gasteiger partial charge in [0.1, 0.15) is 11.6 Å². The lowest BCUT2D eigenvalue weighted by molar-refractivity contribution is 0.569. The van der Waals surface area contributed by atoms with Crippen molar-refractivity contribution in [1.29, 1.82) is 0 Å². The molecule has 0 atom stereocenters. The van der Waals surface area contributed by atoms with Crippen molar-refractivity contribution in [2.45, 2.75) is 13.0 Å². The molecule has 0 bridgehead atoms. The van der Waals surface area contributed by atoms with Gasteiger partial charge >= 0.3 is 0 Å². The van der Waals surface area contributed by atoms with E-state index in [-0.39, 0.29) is 5.56 Å². The molecule has 0 aliphatic heterocycles. The van der Waals surface area contributed by atoms with Crippen LogP contribution in [-0.2, 0) is 6.04 Å². The minimum Gasteiger partial charge on any atom is -0.207 e. The SMILES string of the molecule is Cc1c(F)cc(-c2ccc(-c3ccc(C[Si])cc3)cc2)cc1F. The zero-order valence-corrected chi connectivity index (χ0v) is 13.7. The van der Waals surface area contributed by atoms with Crippen LogP contribution in [0.25, 0.3) is 22.3 Å². The zero-order valence-electron chi connectivity index (χ0n) is 12.7. The van der Waals surface area contributed by atoms with Crippen molar-refractivity contribution in [1.82, 2.24) is 0 Å². The second-order valence-electron chi connectivity index (χ2n) is 5.52. The maximum atomic E-state index is 13.7. The molecule has 0 fully saturated rings. The Bertz CT molecular complexity index is 798. The monoisotopic (exact) mass is 321 g/mol. The van der Waals surface area contributed by atoms with Crippen LogP contribution in [0.3, 0.4) is 0 Å². The molecule has 3 rings (SSSR count). The van der Waals surface area contributed by atoms with Crippen LogP contribution in [0.15, 0.2) is 60.7 Å². The molecule has 0 saturated heterocycles. The molecule has 0 unspecified atom stereocenters. The van der Waals surface area contributed by atoms with Crippen molar-refractivity contribution in [3.8, 4) is 22.3 Å². The van der Waals surface area contributed by atoms with Crippen LogP contribution in [0.5, 0.6) is 0 Å². The average molecular weight is 321 g/mol. The number of hydrogen-bond acceptors (Lipinski definition) is 0. The van der Waals surface area contributed by atoms with Crippen molar-refractivity contribution in [3.63, 3.8) is 0 Å². The van der Waals surface area contributed by atoms with Gasteiger partial charge in [-0.15, -0.1) is 0 Å². The summed E-state index contributed by atoms with van der Waals surface area (Å²) in [4.78, 5) is 0. The van der Waals surface area contributed by atoms with E-state index in [1.807, 2.05) is 24.3 Å². The van der Waals surface area contributed by atoms with Gasteiger partial charge in [-0.2, -0.15) is 0 Å². The maximum Gasteiger partial charge on any atom is 0.129 e. The number of halogens is 2. The Balaban J connectivity index is 1.92. The molecule has 3 aromatic rings. The number of benzene rings is 3. The van der Waals surface area contributed by atoms with E-state index < -0.39 is 11.6 Å². The minimum absolute atomic E-state index is 0.0529. The van der Waals surface area contributed by atoms with Gasteiger partial charge in [0.15, 0.2) is 0 Å². The fourth-order valence-electron chi connectivity index (χ4n) is 2.48. The highest BCUT2D eigenvalue weighted by atomic mass is 28.1. The maximum absolute atomic E-state index is 13.7. The summed E-state index contributed by atoms with van der Waals surface area (Å²) in [6, 6.07) is 19.5. The van der Waals surface area contributed by atoms with E-state index in [1.165, 1.54) is 24.6 Å². The Hall–Kier alpha value is -2.26. The quantitative estimate of drug-likeness (QED) is 0.576. The summed E-state index contributed by atoms with van der Waals surface area (Å²) in [5.74, 6) is -1.04. The van der Waals surface area contributed by atoms with Gasteiger partial charge in [0, 0.05) is 15.8 Å². The minimum atomic E-state index is -0.519.